The standard InChI is InChI=1S/C19H24N2O3/c1-12(2)21-13(3)10-16(14(21)4)18(22)20-11-17(19(23)24)15-8-6-5-7-9-15/h5-10,12,17H,11H2,1-4H3,(H,20,22)(H,23,24). The number of hydrogen-bond donors (Lipinski definition) is 2. The second-order valence-electron chi connectivity index (χ2n) is 6.26. The number of aromatic nitrogens is 1. The average Bonchev–Trinajstić information content (AvgIpc) is 2.83. The number of nitrogens with one attached hydrogen (secondary N) is 1. The second-order valence-corrected chi connectivity index (χ2v) is 6.26. The molecule has 0 bridgehead atoms. The van der Waals surface area contributed by atoms with E-state index < -0.39 is 11.9 Å². The molecule has 0 aliphatic carbocycles. The highest BCUT2D eigenvalue weighted by molar-refractivity contribution is 5.96. The van der Waals surface area contributed by atoms with Crippen molar-refractivity contribution in [1.82, 2.24) is 9.88 Å². The molecule has 0 saturated heterocycles. The lowest BCUT2D eigenvalue weighted by molar-refractivity contribution is -0.138. The summed E-state index contributed by atoms with van der Waals surface area (Å²) in [6, 6.07) is 11.1. The molecular formula is C19H24N2O3. The van der Waals surface area contributed by atoms with Gasteiger partial charge in [-0.05, 0) is 39.3 Å². The van der Waals surface area contributed by atoms with Gasteiger partial charge >= 0.3 is 5.97 Å². The van der Waals surface area contributed by atoms with Gasteiger partial charge < -0.3 is 15.0 Å². The Bertz CT molecular complexity index is 733. The zero-order valence-corrected chi connectivity index (χ0v) is 14.5. The number of amides is 1. The first kappa shape index (κ1) is 17.8. The Morgan fingerprint density at radius 3 is 2.29 bits per heavy atom. The number of aryl methyl sites for hydroxylation is 1. The lowest BCUT2D eigenvalue weighted by Crippen LogP contribution is -2.32. The minimum atomic E-state index is -0.950. The zero-order chi connectivity index (χ0) is 17.9. The van der Waals surface area contributed by atoms with Crippen LogP contribution in [0, 0.1) is 13.8 Å². The number of carboxylic acid groups (broad SMARTS) is 1. The normalized spacial score (nSPS) is 12.2. The van der Waals surface area contributed by atoms with Crippen molar-refractivity contribution in [2.75, 3.05) is 6.54 Å². The van der Waals surface area contributed by atoms with Gasteiger partial charge in [-0.1, -0.05) is 30.3 Å². The van der Waals surface area contributed by atoms with Gasteiger partial charge in [-0.15, -0.1) is 0 Å². The van der Waals surface area contributed by atoms with Gasteiger partial charge in [0, 0.05) is 24.0 Å². The van der Waals surface area contributed by atoms with Gasteiger partial charge in [0.15, 0.2) is 0 Å². The maximum Gasteiger partial charge on any atom is 0.312 e. The SMILES string of the molecule is Cc1cc(C(=O)NCC(C(=O)O)c2ccccc2)c(C)n1C(C)C. The molecule has 0 spiro atoms. The summed E-state index contributed by atoms with van der Waals surface area (Å²) in [4.78, 5) is 24.0. The van der Waals surface area contributed by atoms with Gasteiger partial charge in [-0.25, -0.2) is 0 Å². The van der Waals surface area contributed by atoms with Crippen LogP contribution in [-0.4, -0.2) is 28.1 Å². The summed E-state index contributed by atoms with van der Waals surface area (Å²) in [5.41, 5.74) is 3.19. The van der Waals surface area contributed by atoms with Gasteiger partial charge in [0.25, 0.3) is 5.91 Å². The van der Waals surface area contributed by atoms with Crippen LogP contribution in [0.4, 0.5) is 0 Å². The molecule has 24 heavy (non-hydrogen) atoms. The summed E-state index contributed by atoms with van der Waals surface area (Å²) in [6.07, 6.45) is 0. The molecule has 5 heteroatoms. The third kappa shape index (κ3) is 3.67. The number of hydrogen-bond acceptors (Lipinski definition) is 2. The van der Waals surface area contributed by atoms with Crippen molar-refractivity contribution in [3.8, 4) is 0 Å². The van der Waals surface area contributed by atoms with E-state index in [4.69, 9.17) is 0 Å². The lowest BCUT2D eigenvalue weighted by Gasteiger charge is -2.15. The first-order valence-electron chi connectivity index (χ1n) is 8.07. The Labute approximate surface area is 142 Å². The van der Waals surface area contributed by atoms with Crippen molar-refractivity contribution in [1.29, 1.82) is 0 Å². The number of aliphatic carboxylic acids is 1. The van der Waals surface area contributed by atoms with Crippen LogP contribution in [0.25, 0.3) is 0 Å². The van der Waals surface area contributed by atoms with Gasteiger partial charge in [-0.2, -0.15) is 0 Å². The van der Waals surface area contributed by atoms with Gasteiger partial charge in [-0.3, -0.25) is 9.59 Å². The number of carbonyl (C=O) groups excluding carboxylic acids is 1. The highest BCUT2D eigenvalue weighted by Crippen LogP contribution is 2.20. The first-order valence-corrected chi connectivity index (χ1v) is 8.07. The first-order chi connectivity index (χ1) is 11.3. The zero-order valence-electron chi connectivity index (χ0n) is 14.5. The molecule has 1 atom stereocenters. The Morgan fingerprint density at radius 1 is 1.17 bits per heavy atom. The van der Waals surface area contributed by atoms with E-state index in [1.54, 1.807) is 24.3 Å². The molecular weight excluding hydrogens is 304 g/mol. The summed E-state index contributed by atoms with van der Waals surface area (Å²) >= 11 is 0. The molecule has 2 rings (SSSR count). The fourth-order valence-electron chi connectivity index (χ4n) is 3.12. The highest BCUT2D eigenvalue weighted by Gasteiger charge is 2.22. The Balaban J connectivity index is 2.15. The predicted octanol–water partition coefficient (Wildman–Crippen LogP) is 3.28. The molecule has 1 heterocycles. The van der Waals surface area contributed by atoms with Crippen molar-refractivity contribution < 1.29 is 14.7 Å². The van der Waals surface area contributed by atoms with Crippen molar-refractivity contribution in [2.24, 2.45) is 0 Å². The number of benzene rings is 1. The number of nitrogens with zero attached hydrogens (tertiary/aromatic N) is 1. The van der Waals surface area contributed by atoms with E-state index >= 15 is 0 Å². The largest absolute Gasteiger partial charge is 0.481 e. The van der Waals surface area contributed by atoms with Crippen molar-refractivity contribution in [3.63, 3.8) is 0 Å². The maximum absolute atomic E-state index is 12.5. The molecule has 2 aromatic rings. The minimum absolute atomic E-state index is 0.0591. The van der Waals surface area contributed by atoms with Crippen LogP contribution < -0.4 is 5.32 Å². The molecule has 5 nitrogen and oxygen atoms in total. The minimum Gasteiger partial charge on any atom is -0.481 e. The second kappa shape index (κ2) is 7.34. The van der Waals surface area contributed by atoms with Crippen LogP contribution in [0.3, 0.4) is 0 Å². The molecule has 0 aliphatic rings. The molecule has 1 unspecified atom stereocenters. The topological polar surface area (TPSA) is 71.3 Å². The maximum atomic E-state index is 12.5. The monoisotopic (exact) mass is 328 g/mol. The number of carbonyl (C=O) groups is 2. The average molecular weight is 328 g/mol. The molecule has 1 aromatic carbocycles. The van der Waals surface area contributed by atoms with Crippen LogP contribution in [0.2, 0.25) is 0 Å². The summed E-state index contributed by atoms with van der Waals surface area (Å²) in [6.45, 7) is 8.07. The van der Waals surface area contributed by atoms with E-state index in [0.717, 1.165) is 11.4 Å². The molecule has 1 aromatic heterocycles. The van der Waals surface area contributed by atoms with E-state index in [1.165, 1.54) is 0 Å². The molecule has 0 radical (unpaired) electrons. The van der Waals surface area contributed by atoms with Crippen LogP contribution >= 0.6 is 0 Å². The van der Waals surface area contributed by atoms with Crippen LogP contribution in [0.5, 0.6) is 0 Å². The highest BCUT2D eigenvalue weighted by atomic mass is 16.4. The van der Waals surface area contributed by atoms with Crippen LogP contribution in [0.1, 0.15) is 53.1 Å². The van der Waals surface area contributed by atoms with E-state index in [2.05, 4.69) is 23.7 Å². The van der Waals surface area contributed by atoms with Gasteiger partial charge in [0.05, 0.1) is 11.5 Å². The van der Waals surface area contributed by atoms with Gasteiger partial charge in [0.1, 0.15) is 0 Å². The van der Waals surface area contributed by atoms with Crippen LogP contribution in [-0.2, 0) is 4.79 Å². The fourth-order valence-corrected chi connectivity index (χ4v) is 3.12. The third-order valence-electron chi connectivity index (χ3n) is 4.21. The molecule has 0 fully saturated rings. The molecule has 2 N–H and O–H groups in total. The Morgan fingerprint density at radius 2 is 1.79 bits per heavy atom. The molecule has 1 amide bonds. The molecule has 0 saturated carbocycles. The summed E-state index contributed by atoms with van der Waals surface area (Å²) in [7, 11) is 0. The van der Waals surface area contributed by atoms with Crippen LogP contribution in [0.15, 0.2) is 36.4 Å². The van der Waals surface area contributed by atoms with E-state index in [1.807, 2.05) is 26.0 Å². The van der Waals surface area contributed by atoms with E-state index in [9.17, 15) is 14.7 Å². The van der Waals surface area contributed by atoms with Crippen molar-refractivity contribution in [3.05, 3.63) is 58.9 Å². The smallest absolute Gasteiger partial charge is 0.312 e. The number of carboxylic acids is 1. The molecule has 128 valence electrons. The summed E-state index contributed by atoms with van der Waals surface area (Å²) < 4.78 is 2.10. The van der Waals surface area contributed by atoms with Crippen molar-refractivity contribution >= 4 is 11.9 Å². The summed E-state index contributed by atoms with van der Waals surface area (Å²) in [5.74, 6) is -1.95. The lowest BCUT2D eigenvalue weighted by atomic mass is 9.99. The van der Waals surface area contributed by atoms with E-state index in [0.29, 0.717) is 11.1 Å². The van der Waals surface area contributed by atoms with E-state index in [-0.39, 0.29) is 18.5 Å². The van der Waals surface area contributed by atoms with Crippen molar-refractivity contribution in [2.45, 2.75) is 39.7 Å². The third-order valence-corrected chi connectivity index (χ3v) is 4.21. The molecule has 0 aliphatic heterocycles. The number of rotatable bonds is 6. The fraction of sp³-hybridized carbons (Fsp3) is 0.368. The summed E-state index contributed by atoms with van der Waals surface area (Å²) in [5, 5.41) is 12.2. The Hall–Kier alpha value is -2.56. The van der Waals surface area contributed by atoms with Gasteiger partial charge in [0.2, 0.25) is 0 Å². The Kier molecular flexibility index (Phi) is 5.44. The quantitative estimate of drug-likeness (QED) is 0.855. The predicted molar refractivity (Wildman–Crippen MR) is 93.4 cm³/mol.